The first-order chi connectivity index (χ1) is 12.7. The fraction of sp³-hybridized carbons (Fsp3) is 0.412. The molecular formula is C17H20FIN2O5S. The van der Waals surface area contributed by atoms with Crippen LogP contribution in [-0.4, -0.2) is 59.7 Å². The second-order valence-corrected chi connectivity index (χ2v) is 13.1. The zero-order valence-corrected chi connectivity index (χ0v) is 17.8. The van der Waals surface area contributed by atoms with Crippen LogP contribution in [0.4, 0.5) is 4.39 Å². The predicted molar refractivity (Wildman–Crippen MR) is 110 cm³/mol. The first-order valence-corrected chi connectivity index (χ1v) is 14.4. The average molecular weight is 510 g/mol. The molecule has 10 heteroatoms. The van der Waals surface area contributed by atoms with Crippen molar-refractivity contribution in [1.82, 2.24) is 9.88 Å². The molecule has 0 spiro atoms. The summed E-state index contributed by atoms with van der Waals surface area (Å²) in [7, 11) is 0. The second-order valence-electron chi connectivity index (χ2n) is 5.99. The Kier molecular flexibility index (Phi) is 7.48. The number of Topliss-reactive ketones (excluding diaryl/α,β-unsaturated/α-hetero) is 1. The quantitative estimate of drug-likeness (QED) is 0.398. The molecule has 0 fully saturated rings. The summed E-state index contributed by atoms with van der Waals surface area (Å²) in [5.41, 5.74) is 0.771. The third kappa shape index (κ3) is 5.34. The number of amides is 1. The van der Waals surface area contributed by atoms with Crippen molar-refractivity contribution in [3.8, 4) is 0 Å². The van der Waals surface area contributed by atoms with Gasteiger partial charge in [-0.3, -0.25) is 0 Å². The first kappa shape index (κ1) is 21.5. The number of ketones is 1. The Morgan fingerprint density at radius 1 is 1.26 bits per heavy atom. The number of carbonyl (C=O) groups excluding carboxylic acids is 3. The van der Waals surface area contributed by atoms with Crippen LogP contribution in [0.25, 0.3) is 10.2 Å². The van der Waals surface area contributed by atoms with Crippen LogP contribution < -0.4 is 5.32 Å². The van der Waals surface area contributed by atoms with E-state index in [2.05, 4.69) is 5.32 Å². The Morgan fingerprint density at radius 2 is 1.96 bits per heavy atom. The van der Waals surface area contributed by atoms with Crippen molar-refractivity contribution in [3.63, 3.8) is 0 Å². The monoisotopic (exact) mass is 510 g/mol. The number of hydrogen-bond acceptors (Lipinski definition) is 5. The number of carboxylic acid groups (broad SMARTS) is 1. The third-order valence-electron chi connectivity index (χ3n) is 3.96. The summed E-state index contributed by atoms with van der Waals surface area (Å²) in [6, 6.07) is 2.22. The number of alkyl halides is 4. The van der Waals surface area contributed by atoms with Crippen LogP contribution in [-0.2, 0) is 14.4 Å². The van der Waals surface area contributed by atoms with Gasteiger partial charge in [0, 0.05) is 0 Å². The summed E-state index contributed by atoms with van der Waals surface area (Å²) in [5.74, 6) is -3.12. The Labute approximate surface area is 166 Å². The van der Waals surface area contributed by atoms with Crippen LogP contribution in [0.1, 0.15) is 17.6 Å². The van der Waals surface area contributed by atoms with Crippen molar-refractivity contribution in [1.29, 1.82) is 0 Å². The van der Waals surface area contributed by atoms with Crippen molar-refractivity contribution >= 4 is 64.9 Å². The standard InChI is InChI=1S/C17H20FIN2O5S/c1-19(2)10(17(26)20-11(8-16(24)25)13(22)9-18)7-15(23)21-5-3-14-12(21)4-6-27-14/h3-6,10-11H,7-9H2,1-2H3,(H,20,26)(H,24,25)/t10-,11?/m1/s1. The Morgan fingerprint density at radius 3 is 2.56 bits per heavy atom. The van der Waals surface area contributed by atoms with E-state index in [0.29, 0.717) is 0 Å². The van der Waals surface area contributed by atoms with Gasteiger partial charge in [0.05, 0.1) is 0 Å². The minimum atomic E-state index is -1.87. The van der Waals surface area contributed by atoms with E-state index in [1.54, 1.807) is 6.20 Å². The van der Waals surface area contributed by atoms with Gasteiger partial charge >= 0.3 is 167 Å². The molecule has 0 aliphatic heterocycles. The van der Waals surface area contributed by atoms with E-state index in [1.807, 2.05) is 27.4 Å². The molecule has 0 saturated heterocycles. The Bertz CT molecular complexity index is 862. The van der Waals surface area contributed by atoms with Gasteiger partial charge in [0.25, 0.3) is 0 Å². The molecule has 27 heavy (non-hydrogen) atoms. The van der Waals surface area contributed by atoms with E-state index >= 15 is 0 Å². The Balaban J connectivity index is 2.14. The maximum absolute atomic E-state index is 12.7. The van der Waals surface area contributed by atoms with Gasteiger partial charge in [-0.15, -0.1) is 0 Å². The predicted octanol–water partition coefficient (Wildman–Crippen LogP) is 2.37. The molecule has 1 unspecified atom stereocenters. The molecule has 0 saturated carbocycles. The van der Waals surface area contributed by atoms with Crippen LogP contribution >= 0.6 is 31.2 Å². The van der Waals surface area contributed by atoms with Crippen molar-refractivity contribution < 1.29 is 28.7 Å². The molecule has 2 atom stereocenters. The molecular weight excluding hydrogens is 490 g/mol. The zero-order chi connectivity index (χ0) is 20.1. The van der Waals surface area contributed by atoms with Crippen LogP contribution in [0.15, 0.2) is 23.7 Å². The van der Waals surface area contributed by atoms with Crippen molar-refractivity contribution in [3.05, 3.63) is 23.7 Å². The molecule has 2 aromatic heterocycles. The number of carbonyl (C=O) groups is 4. The molecule has 1 amide bonds. The van der Waals surface area contributed by atoms with Gasteiger partial charge < -0.3 is 0 Å². The molecule has 0 aliphatic carbocycles. The van der Waals surface area contributed by atoms with E-state index in [0.717, 1.165) is 10.2 Å². The number of aromatic nitrogens is 1. The number of hydrogen-bond donors (Lipinski definition) is 2. The number of nitrogens with zero attached hydrogens (tertiary/aromatic N) is 1. The maximum atomic E-state index is 12.7. The van der Waals surface area contributed by atoms with Gasteiger partial charge in [0.2, 0.25) is 0 Å². The number of carboxylic acids is 1. The SMILES string of the molecule is CI(C)[C@H](CC(=O)n1ccc2sccc21)C(=O)NC(CC(=O)O)C(=O)CF. The van der Waals surface area contributed by atoms with Gasteiger partial charge in [-0.25, -0.2) is 0 Å². The molecule has 0 aliphatic rings. The van der Waals surface area contributed by atoms with E-state index in [1.165, 1.54) is 15.9 Å². The molecule has 7 nitrogen and oxygen atoms in total. The van der Waals surface area contributed by atoms with Crippen LogP contribution in [0, 0.1) is 0 Å². The van der Waals surface area contributed by atoms with Crippen molar-refractivity contribution in [2.24, 2.45) is 0 Å². The molecule has 148 valence electrons. The van der Waals surface area contributed by atoms with Gasteiger partial charge in [-0.05, 0) is 0 Å². The molecule has 2 aromatic rings. The van der Waals surface area contributed by atoms with E-state index in [4.69, 9.17) is 5.11 Å². The first-order valence-electron chi connectivity index (χ1n) is 7.91. The number of rotatable bonds is 9. The molecule has 2 rings (SSSR count). The summed E-state index contributed by atoms with van der Waals surface area (Å²) in [6.45, 7) is -1.36. The minimum absolute atomic E-state index is 0.0487. The van der Waals surface area contributed by atoms with E-state index in [-0.39, 0.29) is 12.3 Å². The molecule has 2 heterocycles. The summed E-state index contributed by atoms with van der Waals surface area (Å²) in [4.78, 5) is 51.6. The van der Waals surface area contributed by atoms with Crippen LogP contribution in [0.2, 0.25) is 0 Å². The number of fused-ring (bicyclic) bond motifs is 1. The molecule has 0 bridgehead atoms. The zero-order valence-electron chi connectivity index (χ0n) is 14.8. The Hall–Kier alpha value is -1.82. The summed E-state index contributed by atoms with van der Waals surface area (Å²) < 4.78 is 14.5. The second kappa shape index (κ2) is 9.40. The topological polar surface area (TPSA) is 105 Å². The number of nitrogens with one attached hydrogen (secondary N) is 1. The summed E-state index contributed by atoms with van der Waals surface area (Å²) in [6.07, 6.45) is 0.916. The summed E-state index contributed by atoms with van der Waals surface area (Å²) in [5, 5.41) is 13.1. The van der Waals surface area contributed by atoms with Crippen molar-refractivity contribution in [2.75, 3.05) is 16.5 Å². The number of aliphatic carboxylic acids is 1. The van der Waals surface area contributed by atoms with Gasteiger partial charge in [-0.2, -0.15) is 0 Å². The van der Waals surface area contributed by atoms with Gasteiger partial charge in [0.15, 0.2) is 0 Å². The van der Waals surface area contributed by atoms with Crippen molar-refractivity contribution in [2.45, 2.75) is 22.8 Å². The van der Waals surface area contributed by atoms with Crippen LogP contribution in [0.5, 0.6) is 0 Å². The normalized spacial score (nSPS) is 13.8. The van der Waals surface area contributed by atoms with Crippen LogP contribution in [0.3, 0.4) is 0 Å². The fourth-order valence-corrected chi connectivity index (χ4v) is 5.89. The molecule has 2 N–H and O–H groups in total. The molecule has 0 radical (unpaired) electrons. The fourth-order valence-electron chi connectivity index (χ4n) is 2.55. The number of thiophene rings is 1. The average Bonchev–Trinajstić information content (AvgIpc) is 3.20. The van der Waals surface area contributed by atoms with Gasteiger partial charge in [-0.1, -0.05) is 0 Å². The summed E-state index contributed by atoms with van der Waals surface area (Å²) >= 11 is -0.360. The number of halogens is 2. The third-order valence-corrected chi connectivity index (χ3v) is 8.84. The van der Waals surface area contributed by atoms with Gasteiger partial charge in [0.1, 0.15) is 0 Å². The van der Waals surface area contributed by atoms with E-state index < -0.39 is 60.5 Å². The molecule has 0 aromatic carbocycles. The van der Waals surface area contributed by atoms with E-state index in [9.17, 15) is 23.6 Å².